The Kier molecular flexibility index (Phi) is 6.62. The maximum Gasteiger partial charge on any atom is 0.0552 e. The van der Waals surface area contributed by atoms with Gasteiger partial charge >= 0.3 is 0 Å². The first-order valence-electron chi connectivity index (χ1n) is 18.3. The van der Waals surface area contributed by atoms with Gasteiger partial charge in [-0.15, -0.1) is 0 Å². The van der Waals surface area contributed by atoms with Crippen molar-refractivity contribution in [2.75, 3.05) is 4.90 Å². The zero-order chi connectivity index (χ0) is 34.9. The van der Waals surface area contributed by atoms with Gasteiger partial charge in [0.25, 0.3) is 0 Å². The van der Waals surface area contributed by atoms with Crippen LogP contribution in [0.15, 0.2) is 200 Å². The predicted molar refractivity (Wildman–Crippen MR) is 226 cm³/mol. The summed E-state index contributed by atoms with van der Waals surface area (Å²) in [6.07, 6.45) is 0. The minimum atomic E-state index is 1.16. The van der Waals surface area contributed by atoms with E-state index in [4.69, 9.17) is 0 Å². The van der Waals surface area contributed by atoms with Crippen LogP contribution in [0, 0.1) is 0 Å². The molecule has 0 saturated carbocycles. The fourth-order valence-corrected chi connectivity index (χ4v) is 8.79. The molecule has 1 aliphatic heterocycles. The fourth-order valence-electron chi connectivity index (χ4n) is 8.79. The van der Waals surface area contributed by atoms with Gasteiger partial charge in [0, 0.05) is 16.6 Å². The Labute approximate surface area is 308 Å². The average molecular weight is 672 g/mol. The van der Waals surface area contributed by atoms with Crippen LogP contribution in [-0.2, 0) is 0 Å². The van der Waals surface area contributed by atoms with Crippen molar-refractivity contribution in [3.05, 3.63) is 200 Å². The normalized spacial score (nSPS) is 12.1. The molecule has 0 aliphatic carbocycles. The van der Waals surface area contributed by atoms with Crippen molar-refractivity contribution < 1.29 is 0 Å². The van der Waals surface area contributed by atoms with Gasteiger partial charge in [-0.1, -0.05) is 158 Å². The first-order valence-corrected chi connectivity index (χ1v) is 18.3. The highest BCUT2D eigenvalue weighted by Crippen LogP contribution is 2.52. The number of nitrogens with zero attached hydrogens (tertiary/aromatic N) is 1. The lowest BCUT2D eigenvalue weighted by molar-refractivity contribution is 1.28. The number of hydrogen-bond acceptors (Lipinski definition) is 1. The van der Waals surface area contributed by atoms with E-state index in [1.54, 1.807) is 0 Å². The molecule has 0 saturated heterocycles. The molecule has 0 spiro atoms. The zero-order valence-corrected chi connectivity index (χ0v) is 29.0. The molecule has 0 amide bonds. The molecule has 0 bridgehead atoms. The highest BCUT2D eigenvalue weighted by atomic mass is 15.2. The van der Waals surface area contributed by atoms with Crippen molar-refractivity contribution in [3.63, 3.8) is 0 Å². The summed E-state index contributed by atoms with van der Waals surface area (Å²) in [6, 6.07) is 73.6. The summed E-state index contributed by atoms with van der Waals surface area (Å²) in [5.41, 5.74) is 13.6. The zero-order valence-electron chi connectivity index (χ0n) is 29.0. The van der Waals surface area contributed by atoms with E-state index in [2.05, 4.69) is 205 Å². The third-order valence-corrected chi connectivity index (χ3v) is 11.1. The molecule has 10 aromatic carbocycles. The van der Waals surface area contributed by atoms with Crippen LogP contribution in [0.1, 0.15) is 0 Å². The van der Waals surface area contributed by atoms with Gasteiger partial charge in [0.2, 0.25) is 0 Å². The maximum atomic E-state index is 2.43. The van der Waals surface area contributed by atoms with Crippen molar-refractivity contribution in [3.8, 4) is 44.5 Å². The number of para-hydroxylation sites is 2. The predicted octanol–water partition coefficient (Wildman–Crippen LogP) is 14.8. The van der Waals surface area contributed by atoms with Crippen LogP contribution in [0.5, 0.6) is 0 Å². The van der Waals surface area contributed by atoms with Gasteiger partial charge in [0.05, 0.1) is 11.4 Å². The number of fused-ring (bicyclic) bond motifs is 5. The van der Waals surface area contributed by atoms with Crippen LogP contribution in [0.2, 0.25) is 0 Å². The van der Waals surface area contributed by atoms with Crippen LogP contribution in [0.25, 0.3) is 87.6 Å². The highest BCUT2D eigenvalue weighted by Gasteiger charge is 2.26. The van der Waals surface area contributed by atoms with Crippen molar-refractivity contribution in [2.45, 2.75) is 0 Å². The quantitative estimate of drug-likeness (QED) is 0.168. The summed E-state index contributed by atoms with van der Waals surface area (Å²) >= 11 is 0. The van der Waals surface area contributed by atoms with Crippen molar-refractivity contribution in [1.29, 1.82) is 0 Å². The molecule has 0 unspecified atom stereocenters. The summed E-state index contributed by atoms with van der Waals surface area (Å²) in [7, 11) is 0. The molecular formula is C52H33N. The van der Waals surface area contributed by atoms with Gasteiger partial charge in [-0.05, 0) is 119 Å². The first-order chi connectivity index (χ1) is 26.3. The summed E-state index contributed by atoms with van der Waals surface area (Å²) < 4.78 is 0. The monoisotopic (exact) mass is 671 g/mol. The Hall–Kier alpha value is -6.96. The van der Waals surface area contributed by atoms with Crippen LogP contribution in [0.3, 0.4) is 0 Å². The second-order valence-electron chi connectivity index (χ2n) is 14.1. The van der Waals surface area contributed by atoms with Crippen molar-refractivity contribution >= 4 is 60.2 Å². The molecule has 246 valence electrons. The van der Waals surface area contributed by atoms with Gasteiger partial charge in [0.1, 0.15) is 0 Å². The molecule has 0 aromatic heterocycles. The summed E-state index contributed by atoms with van der Waals surface area (Å²) in [5, 5.41) is 10.1. The fraction of sp³-hybridized carbons (Fsp3) is 0. The van der Waals surface area contributed by atoms with E-state index < -0.39 is 0 Å². The lowest BCUT2D eigenvalue weighted by Gasteiger charge is -2.34. The molecule has 1 heterocycles. The number of hydrogen-bond donors (Lipinski definition) is 0. The van der Waals surface area contributed by atoms with Crippen molar-refractivity contribution in [1.82, 2.24) is 0 Å². The standard InChI is InChI=1S/C52H33N/c1-3-14-35(15-4-1)50-44-20-7-9-22-46(44)51(47-23-10-8-21-45(47)50)38-29-27-34-26-28-36(30-39(34)32-38)40-31-37-16-13-24-43-42-19-11-12-25-48(42)53(49(33-40)52(37)43)41-17-5-2-6-18-41/h1-33H. The van der Waals surface area contributed by atoms with E-state index in [-0.39, 0.29) is 0 Å². The summed E-state index contributed by atoms with van der Waals surface area (Å²) in [6.45, 7) is 0. The van der Waals surface area contributed by atoms with Gasteiger partial charge in [-0.3, -0.25) is 0 Å². The Morgan fingerprint density at radius 1 is 0.283 bits per heavy atom. The van der Waals surface area contributed by atoms with Crippen LogP contribution in [-0.4, -0.2) is 0 Å². The third kappa shape index (κ3) is 4.64. The molecule has 10 aromatic rings. The Bertz CT molecular complexity index is 2990. The summed E-state index contributed by atoms with van der Waals surface area (Å²) in [5.74, 6) is 0. The molecule has 0 radical (unpaired) electrons. The molecule has 1 nitrogen and oxygen atoms in total. The van der Waals surface area contributed by atoms with Crippen molar-refractivity contribution in [2.24, 2.45) is 0 Å². The second kappa shape index (κ2) is 11.8. The van der Waals surface area contributed by atoms with E-state index in [0.717, 1.165) is 5.69 Å². The minimum Gasteiger partial charge on any atom is -0.309 e. The molecule has 53 heavy (non-hydrogen) atoms. The molecule has 0 atom stereocenters. The smallest absolute Gasteiger partial charge is 0.0552 e. The Balaban J connectivity index is 1.11. The van der Waals surface area contributed by atoms with Crippen LogP contribution in [0.4, 0.5) is 17.1 Å². The van der Waals surface area contributed by atoms with E-state index in [1.807, 2.05) is 0 Å². The average Bonchev–Trinajstić information content (AvgIpc) is 3.23. The molecule has 1 aliphatic rings. The summed E-state index contributed by atoms with van der Waals surface area (Å²) in [4.78, 5) is 2.43. The molecular weight excluding hydrogens is 639 g/mol. The van der Waals surface area contributed by atoms with Gasteiger partial charge < -0.3 is 4.90 Å². The largest absolute Gasteiger partial charge is 0.309 e. The minimum absolute atomic E-state index is 1.16. The number of benzene rings is 10. The Morgan fingerprint density at radius 3 is 1.55 bits per heavy atom. The molecule has 11 rings (SSSR count). The first kappa shape index (κ1) is 29.7. The van der Waals surface area contributed by atoms with Crippen LogP contribution < -0.4 is 4.90 Å². The lowest BCUT2D eigenvalue weighted by atomic mass is 9.85. The Morgan fingerprint density at radius 2 is 0.830 bits per heavy atom. The van der Waals surface area contributed by atoms with E-state index in [0.29, 0.717) is 0 Å². The number of rotatable bonds is 4. The van der Waals surface area contributed by atoms with Gasteiger partial charge in [-0.2, -0.15) is 0 Å². The molecule has 0 N–H and O–H groups in total. The SMILES string of the molecule is c1ccc(-c2c3ccccc3c(-c3ccc4ccc(-c5cc6c7c(cccc7c5)-c5ccccc5N6c5ccccc5)cc4c3)c3ccccc23)cc1. The molecule has 0 fully saturated rings. The lowest BCUT2D eigenvalue weighted by Crippen LogP contribution is -2.15. The van der Waals surface area contributed by atoms with E-state index in [1.165, 1.54) is 99.0 Å². The topological polar surface area (TPSA) is 3.24 Å². The third-order valence-electron chi connectivity index (χ3n) is 11.1. The van der Waals surface area contributed by atoms with E-state index in [9.17, 15) is 0 Å². The molecule has 1 heteroatoms. The van der Waals surface area contributed by atoms with Gasteiger partial charge in [0.15, 0.2) is 0 Å². The van der Waals surface area contributed by atoms with Crippen LogP contribution >= 0.6 is 0 Å². The second-order valence-corrected chi connectivity index (χ2v) is 14.1. The maximum absolute atomic E-state index is 2.43. The van der Waals surface area contributed by atoms with Gasteiger partial charge in [-0.25, -0.2) is 0 Å². The van der Waals surface area contributed by atoms with E-state index >= 15 is 0 Å². The number of anilines is 3. The highest BCUT2D eigenvalue weighted by molar-refractivity contribution is 6.22.